The van der Waals surface area contributed by atoms with Gasteiger partial charge in [-0.2, -0.15) is 0 Å². The molecule has 1 aliphatic heterocycles. The van der Waals surface area contributed by atoms with E-state index >= 15 is 0 Å². The summed E-state index contributed by atoms with van der Waals surface area (Å²) in [7, 11) is 1.29. The van der Waals surface area contributed by atoms with Gasteiger partial charge in [-0.3, -0.25) is 10.1 Å². The van der Waals surface area contributed by atoms with Crippen LogP contribution in [0.2, 0.25) is 0 Å². The van der Waals surface area contributed by atoms with E-state index in [9.17, 15) is 9.59 Å². The number of anilines is 1. The van der Waals surface area contributed by atoms with E-state index in [0.717, 1.165) is 6.42 Å². The number of amides is 1. The van der Waals surface area contributed by atoms with Crippen molar-refractivity contribution in [1.29, 1.82) is 0 Å². The molecule has 8 heteroatoms. The maximum Gasteiger partial charge on any atom is 0.329 e. The maximum atomic E-state index is 12.4. The lowest BCUT2D eigenvalue weighted by Gasteiger charge is -2.27. The maximum absolute atomic E-state index is 12.4. The number of hydrogen-bond donors (Lipinski definition) is 2. The predicted molar refractivity (Wildman–Crippen MR) is 111 cm³/mol. The van der Waals surface area contributed by atoms with E-state index in [1.807, 2.05) is 18.2 Å². The molecule has 1 atom stereocenters. The molecule has 3 rings (SSSR count). The number of nitrogens with one attached hydrogen (secondary N) is 2. The van der Waals surface area contributed by atoms with Crippen molar-refractivity contribution in [3.8, 4) is 17.2 Å². The van der Waals surface area contributed by atoms with Crippen LogP contribution < -0.4 is 24.8 Å². The highest BCUT2D eigenvalue weighted by Gasteiger charge is 2.35. The van der Waals surface area contributed by atoms with E-state index in [1.54, 1.807) is 37.3 Å². The van der Waals surface area contributed by atoms with E-state index in [0.29, 0.717) is 36.1 Å². The summed E-state index contributed by atoms with van der Waals surface area (Å²) in [5.41, 5.74) is -0.626. The Morgan fingerprint density at radius 2 is 1.80 bits per heavy atom. The number of hydrogen-bond acceptors (Lipinski definition) is 7. The molecule has 0 bridgehead atoms. The molecule has 8 nitrogen and oxygen atoms in total. The van der Waals surface area contributed by atoms with E-state index in [2.05, 4.69) is 10.6 Å². The Balaban J connectivity index is 1.58. The molecule has 1 heterocycles. The highest BCUT2D eigenvalue weighted by molar-refractivity contribution is 5.93. The Bertz CT molecular complexity index is 873. The van der Waals surface area contributed by atoms with Gasteiger partial charge in [-0.15, -0.1) is 0 Å². The Labute approximate surface area is 175 Å². The van der Waals surface area contributed by atoms with Gasteiger partial charge in [0.1, 0.15) is 17.9 Å². The van der Waals surface area contributed by atoms with Gasteiger partial charge in [0.2, 0.25) is 5.91 Å². The monoisotopic (exact) mass is 414 g/mol. The SMILES string of the molecule is COC(=O)C(C)(COc1ccccc1)NCC(=O)Nc1ccc2c(c1)OCCCO2. The molecule has 0 aliphatic carbocycles. The molecule has 1 unspecified atom stereocenters. The van der Waals surface area contributed by atoms with Crippen LogP contribution in [0.5, 0.6) is 17.2 Å². The second-order valence-electron chi connectivity index (χ2n) is 7.04. The quantitative estimate of drug-likeness (QED) is 0.641. The number of ether oxygens (including phenoxy) is 4. The van der Waals surface area contributed by atoms with Gasteiger partial charge < -0.3 is 24.3 Å². The van der Waals surface area contributed by atoms with Crippen LogP contribution in [0.1, 0.15) is 13.3 Å². The van der Waals surface area contributed by atoms with Crippen molar-refractivity contribution >= 4 is 17.6 Å². The number of benzene rings is 2. The zero-order valence-electron chi connectivity index (χ0n) is 17.1. The second-order valence-corrected chi connectivity index (χ2v) is 7.04. The topological polar surface area (TPSA) is 95.1 Å². The molecular weight excluding hydrogens is 388 g/mol. The van der Waals surface area contributed by atoms with Gasteiger partial charge in [0.15, 0.2) is 11.5 Å². The second kappa shape index (κ2) is 9.98. The van der Waals surface area contributed by atoms with E-state index < -0.39 is 11.5 Å². The third-order valence-corrected chi connectivity index (χ3v) is 4.58. The van der Waals surface area contributed by atoms with Crippen LogP contribution in [-0.2, 0) is 14.3 Å². The van der Waals surface area contributed by atoms with E-state index in [1.165, 1.54) is 7.11 Å². The fraction of sp³-hybridized carbons (Fsp3) is 0.364. The Morgan fingerprint density at radius 1 is 1.07 bits per heavy atom. The van der Waals surface area contributed by atoms with E-state index in [4.69, 9.17) is 18.9 Å². The number of fused-ring (bicyclic) bond motifs is 1. The molecule has 1 aliphatic rings. The van der Waals surface area contributed by atoms with Crippen molar-refractivity contribution in [2.45, 2.75) is 18.9 Å². The van der Waals surface area contributed by atoms with Gasteiger partial charge in [0.05, 0.1) is 26.9 Å². The molecule has 2 N–H and O–H groups in total. The summed E-state index contributed by atoms with van der Waals surface area (Å²) in [5.74, 6) is 1.01. The van der Waals surface area contributed by atoms with Gasteiger partial charge >= 0.3 is 5.97 Å². The summed E-state index contributed by atoms with van der Waals surface area (Å²) in [6, 6.07) is 14.3. The lowest BCUT2D eigenvalue weighted by atomic mass is 10.0. The third kappa shape index (κ3) is 5.64. The van der Waals surface area contributed by atoms with Gasteiger partial charge in [-0.05, 0) is 31.2 Å². The lowest BCUT2D eigenvalue weighted by Crippen LogP contribution is -2.56. The minimum atomic E-state index is -1.20. The zero-order chi connectivity index (χ0) is 21.4. The van der Waals surface area contributed by atoms with Crippen LogP contribution in [-0.4, -0.2) is 50.9 Å². The standard InChI is InChI=1S/C22H26N2O6/c1-22(21(26)27-2,15-30-17-7-4-3-5-8-17)23-14-20(25)24-16-9-10-18-19(13-16)29-12-6-11-28-18/h3-5,7-10,13,23H,6,11-12,14-15H2,1-2H3,(H,24,25). The van der Waals surface area contributed by atoms with Crippen molar-refractivity contribution in [3.63, 3.8) is 0 Å². The van der Waals surface area contributed by atoms with Gasteiger partial charge in [0.25, 0.3) is 0 Å². The first-order valence-electron chi connectivity index (χ1n) is 9.71. The summed E-state index contributed by atoms with van der Waals surface area (Å²) in [5, 5.41) is 5.73. The average Bonchev–Trinajstić information content (AvgIpc) is 3.01. The summed E-state index contributed by atoms with van der Waals surface area (Å²) >= 11 is 0. The number of carbonyl (C=O) groups excluding carboxylic acids is 2. The van der Waals surface area contributed by atoms with Gasteiger partial charge in [-0.25, -0.2) is 4.79 Å². The third-order valence-electron chi connectivity index (χ3n) is 4.58. The fourth-order valence-corrected chi connectivity index (χ4v) is 2.87. The molecule has 160 valence electrons. The smallest absolute Gasteiger partial charge is 0.329 e. The Hall–Kier alpha value is -3.26. The normalized spacial score (nSPS) is 14.7. The molecule has 30 heavy (non-hydrogen) atoms. The summed E-state index contributed by atoms with van der Waals surface area (Å²) in [6.45, 7) is 2.67. The van der Waals surface area contributed by atoms with Crippen molar-refractivity contribution in [2.24, 2.45) is 0 Å². The van der Waals surface area contributed by atoms with E-state index in [-0.39, 0.29) is 19.1 Å². The van der Waals surface area contributed by atoms with Crippen LogP contribution in [0.25, 0.3) is 0 Å². The highest BCUT2D eigenvalue weighted by atomic mass is 16.5. The van der Waals surface area contributed by atoms with Gasteiger partial charge in [-0.1, -0.05) is 18.2 Å². The largest absolute Gasteiger partial charge is 0.491 e. The molecule has 0 saturated carbocycles. The predicted octanol–water partition coefficient (Wildman–Crippen LogP) is 2.39. The number of carbonyl (C=O) groups is 2. The van der Waals surface area contributed by atoms with Crippen LogP contribution >= 0.6 is 0 Å². The molecule has 0 spiro atoms. The minimum Gasteiger partial charge on any atom is -0.491 e. The lowest BCUT2D eigenvalue weighted by molar-refractivity contribution is -0.149. The molecule has 2 aromatic rings. The number of methoxy groups -OCH3 is 1. The molecule has 0 radical (unpaired) electrons. The minimum absolute atomic E-state index is 0.000983. The van der Waals surface area contributed by atoms with Crippen molar-refractivity contribution in [1.82, 2.24) is 5.32 Å². The van der Waals surface area contributed by atoms with Crippen molar-refractivity contribution in [2.75, 3.05) is 38.8 Å². The first-order chi connectivity index (χ1) is 14.5. The summed E-state index contributed by atoms with van der Waals surface area (Å²) in [4.78, 5) is 24.7. The zero-order valence-corrected chi connectivity index (χ0v) is 17.1. The Kier molecular flexibility index (Phi) is 7.13. The van der Waals surface area contributed by atoms with Crippen LogP contribution in [0, 0.1) is 0 Å². The van der Waals surface area contributed by atoms with Crippen LogP contribution in [0.15, 0.2) is 48.5 Å². The molecular formula is C22H26N2O6. The first kappa shape index (κ1) is 21.4. The first-order valence-corrected chi connectivity index (χ1v) is 9.71. The fourth-order valence-electron chi connectivity index (χ4n) is 2.87. The Morgan fingerprint density at radius 3 is 2.53 bits per heavy atom. The molecule has 0 fully saturated rings. The number of esters is 1. The van der Waals surface area contributed by atoms with Crippen LogP contribution in [0.3, 0.4) is 0 Å². The van der Waals surface area contributed by atoms with Gasteiger partial charge in [0, 0.05) is 18.2 Å². The average molecular weight is 414 g/mol. The van der Waals surface area contributed by atoms with Crippen molar-refractivity contribution < 1.29 is 28.5 Å². The van der Waals surface area contributed by atoms with Crippen molar-refractivity contribution in [3.05, 3.63) is 48.5 Å². The molecule has 0 saturated heterocycles. The highest BCUT2D eigenvalue weighted by Crippen LogP contribution is 2.32. The molecule has 2 aromatic carbocycles. The molecule has 0 aromatic heterocycles. The number of para-hydroxylation sites is 1. The van der Waals surface area contributed by atoms with Crippen LogP contribution in [0.4, 0.5) is 5.69 Å². The summed E-state index contributed by atoms with van der Waals surface area (Å²) in [6.07, 6.45) is 0.803. The number of rotatable bonds is 8. The molecule has 1 amide bonds. The summed E-state index contributed by atoms with van der Waals surface area (Å²) < 4.78 is 21.8.